The van der Waals surface area contributed by atoms with Crippen LogP contribution in [-0.4, -0.2) is 6.61 Å². The molecule has 0 atom stereocenters. The minimum absolute atomic E-state index is 0.419. The molecule has 3 nitrogen and oxygen atoms in total. The second-order valence-corrected chi connectivity index (χ2v) is 7.78. The number of benzene rings is 3. The van der Waals surface area contributed by atoms with Gasteiger partial charge in [0.15, 0.2) is 11.5 Å². The Morgan fingerprint density at radius 3 is 2.45 bits per heavy atom. The molecule has 0 aromatic heterocycles. The Hall–Kier alpha value is -2.07. The summed E-state index contributed by atoms with van der Waals surface area (Å²) in [5, 5.41) is 4.99. The second-order valence-electron chi connectivity index (χ2n) is 6.53. The van der Waals surface area contributed by atoms with Crippen molar-refractivity contribution < 1.29 is 9.47 Å². The Balaban J connectivity index is 1.78. The Morgan fingerprint density at radius 1 is 0.897 bits per heavy atom. The summed E-state index contributed by atoms with van der Waals surface area (Å²) in [7, 11) is 0. The van der Waals surface area contributed by atoms with Crippen molar-refractivity contribution in [2.45, 2.75) is 27.0 Å². The summed E-state index contributed by atoms with van der Waals surface area (Å²) in [6, 6.07) is 17.2. The van der Waals surface area contributed by atoms with Crippen molar-refractivity contribution in [2.24, 2.45) is 0 Å². The predicted molar refractivity (Wildman–Crippen MR) is 122 cm³/mol. The zero-order valence-electron chi connectivity index (χ0n) is 16.3. The van der Waals surface area contributed by atoms with E-state index in [1.54, 1.807) is 18.2 Å². The fourth-order valence-electron chi connectivity index (χ4n) is 2.88. The van der Waals surface area contributed by atoms with Crippen LogP contribution in [0, 0.1) is 6.92 Å². The quantitative estimate of drug-likeness (QED) is 0.384. The van der Waals surface area contributed by atoms with E-state index in [1.807, 2.05) is 37.3 Å². The monoisotopic (exact) mass is 449 g/mol. The molecule has 0 aliphatic carbocycles. The number of hydrogen-bond acceptors (Lipinski definition) is 3. The van der Waals surface area contributed by atoms with Gasteiger partial charge >= 0.3 is 0 Å². The van der Waals surface area contributed by atoms with Gasteiger partial charge in [-0.3, -0.25) is 0 Å². The first-order valence-electron chi connectivity index (χ1n) is 9.29. The summed E-state index contributed by atoms with van der Waals surface area (Å²) in [6.07, 6.45) is 0. The molecule has 6 heteroatoms. The highest BCUT2D eigenvalue weighted by Crippen LogP contribution is 2.38. The summed E-state index contributed by atoms with van der Waals surface area (Å²) in [5.74, 6) is 1.16. The lowest BCUT2D eigenvalue weighted by Gasteiger charge is -2.17. The molecule has 0 amide bonds. The highest BCUT2D eigenvalue weighted by Gasteiger charge is 2.14. The molecule has 0 bridgehead atoms. The fourth-order valence-corrected chi connectivity index (χ4v) is 3.52. The molecule has 0 aliphatic heterocycles. The summed E-state index contributed by atoms with van der Waals surface area (Å²) >= 11 is 18.8. The van der Waals surface area contributed by atoms with Gasteiger partial charge in [-0.05, 0) is 60.9 Å². The third kappa shape index (κ3) is 5.72. The van der Waals surface area contributed by atoms with Crippen LogP contribution in [0.25, 0.3) is 0 Å². The maximum absolute atomic E-state index is 6.53. The largest absolute Gasteiger partial charge is 0.490 e. The van der Waals surface area contributed by atoms with E-state index in [1.165, 1.54) is 5.56 Å². The zero-order valence-corrected chi connectivity index (χ0v) is 18.5. The van der Waals surface area contributed by atoms with E-state index in [4.69, 9.17) is 44.3 Å². The van der Waals surface area contributed by atoms with Gasteiger partial charge in [0.1, 0.15) is 6.61 Å². The number of nitrogens with one attached hydrogen (secondary N) is 1. The van der Waals surface area contributed by atoms with E-state index in [9.17, 15) is 0 Å². The van der Waals surface area contributed by atoms with Gasteiger partial charge in [-0.2, -0.15) is 0 Å². The van der Waals surface area contributed by atoms with Crippen molar-refractivity contribution in [3.8, 4) is 11.5 Å². The van der Waals surface area contributed by atoms with Gasteiger partial charge in [0.25, 0.3) is 0 Å². The van der Waals surface area contributed by atoms with Crippen LogP contribution in [0.3, 0.4) is 0 Å². The molecule has 152 valence electrons. The Bertz CT molecular complexity index is 992. The predicted octanol–water partition coefficient (Wildman–Crippen LogP) is 7.55. The Kier molecular flexibility index (Phi) is 7.54. The molecule has 0 unspecified atom stereocenters. The molecule has 29 heavy (non-hydrogen) atoms. The molecule has 3 rings (SSSR count). The van der Waals surface area contributed by atoms with Crippen LogP contribution in [0.2, 0.25) is 15.1 Å². The summed E-state index contributed by atoms with van der Waals surface area (Å²) in [4.78, 5) is 0. The normalized spacial score (nSPS) is 10.7. The van der Waals surface area contributed by atoms with Crippen molar-refractivity contribution in [1.82, 2.24) is 0 Å². The lowest BCUT2D eigenvalue weighted by Crippen LogP contribution is -2.04. The number of aryl methyl sites for hydroxylation is 1. The van der Waals surface area contributed by atoms with Crippen LogP contribution in [0.5, 0.6) is 11.5 Å². The van der Waals surface area contributed by atoms with Crippen molar-refractivity contribution in [1.29, 1.82) is 0 Å². The van der Waals surface area contributed by atoms with E-state index in [2.05, 4.69) is 18.3 Å². The SMILES string of the molecule is CCOc1cc(CNc2cc(Cl)ccc2Cl)cc(Cl)c1OCc1ccccc1C. The molecule has 3 aromatic rings. The number of rotatable bonds is 8. The zero-order chi connectivity index (χ0) is 20.8. The van der Waals surface area contributed by atoms with Crippen molar-refractivity contribution in [2.75, 3.05) is 11.9 Å². The smallest absolute Gasteiger partial charge is 0.180 e. The van der Waals surface area contributed by atoms with E-state index in [-0.39, 0.29) is 0 Å². The van der Waals surface area contributed by atoms with E-state index < -0.39 is 0 Å². The lowest BCUT2D eigenvalue weighted by atomic mass is 10.1. The van der Waals surface area contributed by atoms with Gasteiger partial charge in [-0.25, -0.2) is 0 Å². The molecule has 0 heterocycles. The second kappa shape index (κ2) is 10.1. The average Bonchev–Trinajstić information content (AvgIpc) is 2.69. The van der Waals surface area contributed by atoms with Crippen LogP contribution in [0.4, 0.5) is 5.69 Å². The summed E-state index contributed by atoms with van der Waals surface area (Å²) in [6.45, 7) is 5.42. The van der Waals surface area contributed by atoms with Gasteiger partial charge in [0.2, 0.25) is 0 Å². The van der Waals surface area contributed by atoms with E-state index in [0.29, 0.717) is 46.3 Å². The minimum atomic E-state index is 0.419. The third-order valence-electron chi connectivity index (χ3n) is 4.41. The lowest BCUT2D eigenvalue weighted by molar-refractivity contribution is 0.269. The van der Waals surface area contributed by atoms with E-state index in [0.717, 1.165) is 16.8 Å². The van der Waals surface area contributed by atoms with Crippen LogP contribution >= 0.6 is 34.8 Å². The highest BCUT2D eigenvalue weighted by molar-refractivity contribution is 6.35. The Morgan fingerprint density at radius 2 is 1.69 bits per heavy atom. The molecule has 0 fully saturated rings. The summed E-state index contributed by atoms with van der Waals surface area (Å²) in [5.41, 5.74) is 3.97. The standard InChI is InChI=1S/C23H22Cl3NO2/c1-3-28-22-11-16(13-27-21-12-18(24)8-9-19(21)25)10-20(26)23(22)29-14-17-7-5-4-6-15(17)2/h4-12,27H,3,13-14H2,1-2H3. The van der Waals surface area contributed by atoms with Crippen LogP contribution in [0.15, 0.2) is 54.6 Å². The number of anilines is 1. The van der Waals surface area contributed by atoms with Crippen molar-refractivity contribution >= 4 is 40.5 Å². The molecule has 0 saturated heterocycles. The summed E-state index contributed by atoms with van der Waals surface area (Å²) < 4.78 is 11.8. The first-order valence-corrected chi connectivity index (χ1v) is 10.4. The molecule has 3 aromatic carbocycles. The minimum Gasteiger partial charge on any atom is -0.490 e. The van der Waals surface area contributed by atoms with Gasteiger partial charge in [0.05, 0.1) is 22.3 Å². The average molecular weight is 451 g/mol. The maximum atomic E-state index is 6.53. The molecular formula is C23H22Cl3NO2. The van der Waals surface area contributed by atoms with Crippen LogP contribution in [0.1, 0.15) is 23.6 Å². The molecule has 0 radical (unpaired) electrons. The molecular weight excluding hydrogens is 429 g/mol. The molecule has 0 aliphatic rings. The Labute approximate surface area is 186 Å². The number of hydrogen-bond donors (Lipinski definition) is 1. The third-order valence-corrected chi connectivity index (χ3v) is 5.26. The molecule has 0 spiro atoms. The number of ether oxygens (including phenoxy) is 2. The maximum Gasteiger partial charge on any atom is 0.180 e. The van der Waals surface area contributed by atoms with Crippen molar-refractivity contribution in [3.05, 3.63) is 86.4 Å². The van der Waals surface area contributed by atoms with Gasteiger partial charge in [-0.15, -0.1) is 0 Å². The highest BCUT2D eigenvalue weighted by atomic mass is 35.5. The fraction of sp³-hybridized carbons (Fsp3) is 0.217. The first-order chi connectivity index (χ1) is 14.0. The topological polar surface area (TPSA) is 30.5 Å². The molecule has 0 saturated carbocycles. The number of halogens is 3. The molecule has 1 N–H and O–H groups in total. The van der Waals surface area contributed by atoms with Gasteiger partial charge in [0, 0.05) is 11.6 Å². The van der Waals surface area contributed by atoms with Crippen molar-refractivity contribution in [3.63, 3.8) is 0 Å². The van der Waals surface area contributed by atoms with Gasteiger partial charge in [-0.1, -0.05) is 59.1 Å². The van der Waals surface area contributed by atoms with Crippen LogP contribution in [-0.2, 0) is 13.2 Å². The first kappa shape index (κ1) is 21.6. The van der Waals surface area contributed by atoms with Gasteiger partial charge < -0.3 is 14.8 Å². The van der Waals surface area contributed by atoms with Crippen LogP contribution < -0.4 is 14.8 Å². The van der Waals surface area contributed by atoms with E-state index >= 15 is 0 Å².